The van der Waals surface area contributed by atoms with E-state index in [1.807, 2.05) is 6.07 Å². The summed E-state index contributed by atoms with van der Waals surface area (Å²) in [7, 11) is 0. The summed E-state index contributed by atoms with van der Waals surface area (Å²) in [6.07, 6.45) is 0. The molecule has 2 aromatic carbocycles. The van der Waals surface area contributed by atoms with Crippen molar-refractivity contribution in [1.29, 1.82) is 0 Å². The first kappa shape index (κ1) is 21.9. The first-order chi connectivity index (χ1) is 15.6. The predicted molar refractivity (Wildman–Crippen MR) is 120 cm³/mol. The second-order valence-electron chi connectivity index (χ2n) is 7.05. The van der Waals surface area contributed by atoms with E-state index in [1.54, 1.807) is 29.6 Å². The van der Waals surface area contributed by atoms with Gasteiger partial charge in [0.2, 0.25) is 5.91 Å². The fourth-order valence-corrected chi connectivity index (χ4v) is 4.02. The molecule has 0 bridgehead atoms. The van der Waals surface area contributed by atoms with Crippen molar-refractivity contribution in [3.63, 3.8) is 0 Å². The lowest BCUT2D eigenvalue weighted by atomic mass is 10.1. The second kappa shape index (κ2) is 10.3. The smallest absolute Gasteiger partial charge is 0.284 e. The number of halogens is 1. The van der Waals surface area contributed by atoms with Crippen molar-refractivity contribution < 1.29 is 18.7 Å². The number of benzene rings is 2. The summed E-state index contributed by atoms with van der Waals surface area (Å²) in [4.78, 5) is 32.0. The monoisotopic (exact) mass is 455 g/mol. The Hall–Kier alpha value is -3.34. The Labute approximate surface area is 188 Å². The topological polar surface area (TPSA) is 95.6 Å². The maximum absolute atomic E-state index is 13.2. The van der Waals surface area contributed by atoms with Crippen LogP contribution < -0.4 is 21.1 Å². The van der Waals surface area contributed by atoms with Crippen LogP contribution in [-0.4, -0.2) is 43.1 Å². The first-order valence-corrected chi connectivity index (χ1v) is 10.9. The van der Waals surface area contributed by atoms with E-state index in [-0.39, 0.29) is 5.69 Å². The van der Waals surface area contributed by atoms with Crippen LogP contribution >= 0.6 is 11.3 Å². The van der Waals surface area contributed by atoms with E-state index < -0.39 is 23.7 Å². The number of amides is 2. The molecule has 1 atom stereocenters. The highest BCUT2D eigenvalue weighted by molar-refractivity contribution is 7.13. The van der Waals surface area contributed by atoms with Gasteiger partial charge in [-0.25, -0.2) is 14.8 Å². The fraction of sp³-hybridized carbons (Fsp3) is 0.227. The lowest BCUT2D eigenvalue weighted by Crippen LogP contribution is -2.44. The van der Waals surface area contributed by atoms with Gasteiger partial charge in [0, 0.05) is 24.2 Å². The molecule has 0 aliphatic carbocycles. The SMILES string of the molecule is O=C(NNC(C(=O)Nc1ccc(F)cc1)c1ccccc1)c1csc(N2CCOCC2)n1. The Kier molecular flexibility index (Phi) is 7.05. The molecule has 4 rings (SSSR count). The molecule has 166 valence electrons. The van der Waals surface area contributed by atoms with E-state index >= 15 is 0 Å². The van der Waals surface area contributed by atoms with Crippen molar-refractivity contribution >= 4 is 34.0 Å². The molecular weight excluding hydrogens is 433 g/mol. The summed E-state index contributed by atoms with van der Waals surface area (Å²) in [6.45, 7) is 2.72. The molecule has 1 aromatic heterocycles. The molecule has 1 aliphatic heterocycles. The van der Waals surface area contributed by atoms with Gasteiger partial charge in [0.15, 0.2) is 5.13 Å². The highest BCUT2D eigenvalue weighted by atomic mass is 32.1. The summed E-state index contributed by atoms with van der Waals surface area (Å²) >= 11 is 1.38. The number of carbonyl (C=O) groups is 2. The molecule has 1 fully saturated rings. The van der Waals surface area contributed by atoms with Gasteiger partial charge in [-0.2, -0.15) is 0 Å². The average molecular weight is 456 g/mol. The Morgan fingerprint density at radius 1 is 1.06 bits per heavy atom. The van der Waals surface area contributed by atoms with Crippen LogP contribution in [0.4, 0.5) is 15.2 Å². The molecule has 0 radical (unpaired) electrons. The van der Waals surface area contributed by atoms with Crippen LogP contribution in [0.1, 0.15) is 22.1 Å². The number of morpholine rings is 1. The summed E-state index contributed by atoms with van der Waals surface area (Å²) in [5, 5.41) is 5.16. The minimum atomic E-state index is -0.873. The molecule has 32 heavy (non-hydrogen) atoms. The molecule has 0 saturated carbocycles. The molecule has 2 heterocycles. The molecule has 3 N–H and O–H groups in total. The van der Waals surface area contributed by atoms with E-state index in [9.17, 15) is 14.0 Å². The lowest BCUT2D eigenvalue weighted by molar-refractivity contribution is -0.118. The second-order valence-corrected chi connectivity index (χ2v) is 7.89. The minimum absolute atomic E-state index is 0.259. The van der Waals surface area contributed by atoms with Crippen molar-refractivity contribution in [2.24, 2.45) is 0 Å². The van der Waals surface area contributed by atoms with Crippen LogP contribution in [0, 0.1) is 5.82 Å². The van der Waals surface area contributed by atoms with Crippen molar-refractivity contribution in [3.05, 3.63) is 77.1 Å². The van der Waals surface area contributed by atoms with Crippen molar-refractivity contribution in [3.8, 4) is 0 Å². The number of anilines is 2. The fourth-order valence-electron chi connectivity index (χ4n) is 3.16. The van der Waals surface area contributed by atoms with E-state index in [1.165, 1.54) is 35.6 Å². The normalized spacial score (nSPS) is 14.6. The molecule has 3 aromatic rings. The van der Waals surface area contributed by atoms with Crippen molar-refractivity contribution in [2.45, 2.75) is 6.04 Å². The van der Waals surface area contributed by atoms with Crippen LogP contribution in [0.3, 0.4) is 0 Å². The molecular formula is C22H22FN5O3S. The number of hydrogen-bond donors (Lipinski definition) is 3. The van der Waals surface area contributed by atoms with E-state index in [0.29, 0.717) is 24.5 Å². The standard InChI is InChI=1S/C22H22FN5O3S/c23-16-6-8-17(9-7-16)24-21(30)19(15-4-2-1-3-5-15)26-27-20(29)18-14-32-22(25-18)28-10-12-31-13-11-28/h1-9,14,19,26H,10-13H2,(H,24,30)(H,27,29). The largest absolute Gasteiger partial charge is 0.378 e. The Morgan fingerprint density at radius 3 is 2.50 bits per heavy atom. The van der Waals surface area contributed by atoms with Crippen LogP contribution in [0.2, 0.25) is 0 Å². The van der Waals surface area contributed by atoms with E-state index in [4.69, 9.17) is 4.74 Å². The summed E-state index contributed by atoms with van der Waals surface area (Å²) in [5.74, 6) is -1.25. The molecule has 1 saturated heterocycles. The van der Waals surface area contributed by atoms with Crippen LogP contribution in [0.5, 0.6) is 0 Å². The zero-order valence-corrected chi connectivity index (χ0v) is 17.9. The third-order valence-electron chi connectivity index (χ3n) is 4.84. The van der Waals surface area contributed by atoms with Gasteiger partial charge in [-0.3, -0.25) is 15.0 Å². The number of thiazole rings is 1. The van der Waals surface area contributed by atoms with Gasteiger partial charge < -0.3 is 15.0 Å². The van der Waals surface area contributed by atoms with Crippen molar-refractivity contribution in [2.75, 3.05) is 36.5 Å². The van der Waals surface area contributed by atoms with Gasteiger partial charge in [0.25, 0.3) is 5.91 Å². The maximum Gasteiger partial charge on any atom is 0.284 e. The number of nitrogens with zero attached hydrogens (tertiary/aromatic N) is 2. The maximum atomic E-state index is 13.2. The highest BCUT2D eigenvalue weighted by Crippen LogP contribution is 2.21. The van der Waals surface area contributed by atoms with Crippen molar-refractivity contribution in [1.82, 2.24) is 15.8 Å². The molecule has 1 unspecified atom stereocenters. The summed E-state index contributed by atoms with van der Waals surface area (Å²) in [6, 6.07) is 13.6. The number of rotatable bonds is 7. The van der Waals surface area contributed by atoms with E-state index in [0.717, 1.165) is 18.2 Å². The Morgan fingerprint density at radius 2 is 1.78 bits per heavy atom. The molecule has 10 heteroatoms. The number of aromatic nitrogens is 1. The lowest BCUT2D eigenvalue weighted by Gasteiger charge is -2.26. The Bertz CT molecular complexity index is 1050. The number of ether oxygens (including phenoxy) is 1. The van der Waals surface area contributed by atoms with Gasteiger partial charge in [0.05, 0.1) is 13.2 Å². The van der Waals surface area contributed by atoms with Gasteiger partial charge >= 0.3 is 0 Å². The first-order valence-electron chi connectivity index (χ1n) is 10.1. The van der Waals surface area contributed by atoms with Gasteiger partial charge in [-0.1, -0.05) is 30.3 Å². The average Bonchev–Trinajstić information content (AvgIpc) is 3.32. The summed E-state index contributed by atoms with van der Waals surface area (Å²) in [5.41, 5.74) is 6.74. The third-order valence-corrected chi connectivity index (χ3v) is 5.74. The predicted octanol–water partition coefficient (Wildman–Crippen LogP) is 2.73. The number of nitrogens with one attached hydrogen (secondary N) is 3. The van der Waals surface area contributed by atoms with Gasteiger partial charge in [0.1, 0.15) is 17.6 Å². The highest BCUT2D eigenvalue weighted by Gasteiger charge is 2.23. The molecule has 1 aliphatic rings. The number of hydrogen-bond acceptors (Lipinski definition) is 7. The Balaban J connectivity index is 1.43. The minimum Gasteiger partial charge on any atom is -0.378 e. The molecule has 8 nitrogen and oxygen atoms in total. The zero-order chi connectivity index (χ0) is 22.3. The van der Waals surface area contributed by atoms with Crippen LogP contribution in [-0.2, 0) is 9.53 Å². The quantitative estimate of drug-likeness (QED) is 0.474. The zero-order valence-electron chi connectivity index (χ0n) is 17.1. The van der Waals surface area contributed by atoms with Gasteiger partial charge in [-0.05, 0) is 29.8 Å². The molecule has 2 amide bonds. The van der Waals surface area contributed by atoms with E-state index in [2.05, 4.69) is 26.1 Å². The number of carbonyl (C=O) groups excluding carboxylic acids is 2. The van der Waals surface area contributed by atoms with Crippen LogP contribution in [0.15, 0.2) is 60.0 Å². The molecule has 0 spiro atoms. The third kappa shape index (κ3) is 5.47. The number of hydrazine groups is 1. The van der Waals surface area contributed by atoms with Gasteiger partial charge in [-0.15, -0.1) is 11.3 Å². The van der Waals surface area contributed by atoms with Crippen LogP contribution in [0.25, 0.3) is 0 Å². The summed E-state index contributed by atoms with van der Waals surface area (Å²) < 4.78 is 18.5.